The lowest BCUT2D eigenvalue weighted by molar-refractivity contribution is -0.181. The number of imide groups is 1. The summed E-state index contributed by atoms with van der Waals surface area (Å²) in [5.41, 5.74) is -1.02. The van der Waals surface area contributed by atoms with Gasteiger partial charge in [-0.05, 0) is 78.4 Å². The molecule has 44 heavy (non-hydrogen) atoms. The Kier molecular flexibility index (Phi) is 8.93. The molecule has 0 bridgehead atoms. The molecule has 10 nitrogen and oxygen atoms in total. The van der Waals surface area contributed by atoms with Crippen LogP contribution in [0.4, 0.5) is 31.5 Å². The van der Waals surface area contributed by atoms with Crippen LogP contribution in [0.3, 0.4) is 0 Å². The molecule has 4 rings (SSSR count). The standard InChI is InChI=1S/C29H38F5N5O5/c1-26(2,3)43-24(41)37-22(17-7-9-28(30,31)10-8-17)20-15-39-21(36-20)12-16(13-35-39)11-18-19(29(32,33)34)14-38(23(18)40)25(42)44-27(4,5)6/h12-13,15,17-19,22H,7-11,14H2,1-6H3,(H,37,41)/t18?,19?,22-/m0/s1. The second-order valence-electron chi connectivity index (χ2n) is 13.5. The highest BCUT2D eigenvalue weighted by molar-refractivity contribution is 5.95. The highest BCUT2D eigenvalue weighted by Crippen LogP contribution is 2.42. The number of ether oxygens (including phenoxy) is 2. The molecule has 1 N–H and O–H groups in total. The van der Waals surface area contributed by atoms with Crippen LogP contribution in [0, 0.1) is 17.8 Å². The van der Waals surface area contributed by atoms with Gasteiger partial charge in [-0.1, -0.05) is 0 Å². The van der Waals surface area contributed by atoms with Gasteiger partial charge in [0.05, 0.1) is 36.0 Å². The van der Waals surface area contributed by atoms with Crippen LogP contribution in [-0.2, 0) is 20.7 Å². The van der Waals surface area contributed by atoms with E-state index >= 15 is 0 Å². The second-order valence-corrected chi connectivity index (χ2v) is 13.5. The third kappa shape index (κ3) is 8.14. The van der Waals surface area contributed by atoms with E-state index in [0.717, 1.165) is 0 Å². The smallest absolute Gasteiger partial charge is 0.417 e. The van der Waals surface area contributed by atoms with E-state index in [2.05, 4.69) is 15.4 Å². The first kappa shape index (κ1) is 33.4. The molecule has 2 aliphatic rings. The SMILES string of the molecule is CC(C)(C)OC(=O)N[C@H](c1cn2ncc(CC3C(=O)N(C(=O)OC(C)(C)C)CC3C(F)(F)F)cc2n1)C1CCC(F)(F)CC1. The Labute approximate surface area is 251 Å². The third-order valence-corrected chi connectivity index (χ3v) is 7.56. The van der Waals surface area contributed by atoms with Crippen LogP contribution in [-0.4, -0.2) is 67.4 Å². The summed E-state index contributed by atoms with van der Waals surface area (Å²) in [5, 5.41) is 6.99. The fraction of sp³-hybridized carbons (Fsp3) is 0.690. The van der Waals surface area contributed by atoms with Gasteiger partial charge in [-0.25, -0.2) is 32.8 Å². The quantitative estimate of drug-likeness (QED) is 0.389. The lowest BCUT2D eigenvalue weighted by Crippen LogP contribution is -2.40. The maximum atomic E-state index is 14.0. The molecule has 2 aromatic heterocycles. The van der Waals surface area contributed by atoms with E-state index in [4.69, 9.17) is 9.47 Å². The molecule has 1 saturated carbocycles. The highest BCUT2D eigenvalue weighted by atomic mass is 19.4. The topological polar surface area (TPSA) is 115 Å². The molecule has 15 heteroatoms. The van der Waals surface area contributed by atoms with Crippen molar-refractivity contribution in [2.75, 3.05) is 6.54 Å². The average molecular weight is 632 g/mol. The minimum Gasteiger partial charge on any atom is -0.444 e. The van der Waals surface area contributed by atoms with E-state index in [-0.39, 0.29) is 49.2 Å². The number of amides is 3. The molecule has 2 fully saturated rings. The van der Waals surface area contributed by atoms with Crippen LogP contribution < -0.4 is 5.32 Å². The summed E-state index contributed by atoms with van der Waals surface area (Å²) in [5.74, 6) is -7.88. The van der Waals surface area contributed by atoms with E-state index < -0.39 is 65.8 Å². The Hall–Kier alpha value is -3.52. The van der Waals surface area contributed by atoms with Crippen molar-refractivity contribution < 1.29 is 45.8 Å². The van der Waals surface area contributed by atoms with Gasteiger partial charge in [-0.3, -0.25) is 4.79 Å². The van der Waals surface area contributed by atoms with Gasteiger partial charge >= 0.3 is 18.4 Å². The lowest BCUT2D eigenvalue weighted by atomic mass is 9.81. The molecule has 2 aromatic rings. The highest BCUT2D eigenvalue weighted by Gasteiger charge is 2.56. The molecule has 0 spiro atoms. The molecule has 3 amide bonds. The first-order valence-electron chi connectivity index (χ1n) is 14.4. The Morgan fingerprint density at radius 1 is 1.07 bits per heavy atom. The number of nitrogens with one attached hydrogen (secondary N) is 1. The van der Waals surface area contributed by atoms with Gasteiger partial charge in [-0.2, -0.15) is 18.3 Å². The largest absolute Gasteiger partial charge is 0.444 e. The van der Waals surface area contributed by atoms with Crippen LogP contribution in [0.1, 0.15) is 84.5 Å². The number of hydrogen-bond acceptors (Lipinski definition) is 7. The number of fused-ring (bicyclic) bond motifs is 1. The van der Waals surface area contributed by atoms with Crippen molar-refractivity contribution in [1.29, 1.82) is 0 Å². The average Bonchev–Trinajstić information content (AvgIpc) is 3.41. The predicted octanol–water partition coefficient (Wildman–Crippen LogP) is 6.24. The number of carbonyl (C=O) groups excluding carboxylic acids is 3. The van der Waals surface area contributed by atoms with Crippen molar-refractivity contribution in [3.05, 3.63) is 29.7 Å². The predicted molar refractivity (Wildman–Crippen MR) is 147 cm³/mol. The summed E-state index contributed by atoms with van der Waals surface area (Å²) >= 11 is 0. The van der Waals surface area contributed by atoms with Crippen LogP contribution in [0.15, 0.2) is 18.5 Å². The number of carbonyl (C=O) groups is 3. The van der Waals surface area contributed by atoms with Crippen LogP contribution in [0.5, 0.6) is 0 Å². The minimum absolute atomic E-state index is 0.122. The summed E-state index contributed by atoms with van der Waals surface area (Å²) in [6, 6.07) is 0.673. The van der Waals surface area contributed by atoms with E-state index in [1.165, 1.54) is 23.0 Å². The number of rotatable bonds is 5. The second kappa shape index (κ2) is 11.8. The van der Waals surface area contributed by atoms with E-state index in [1.54, 1.807) is 41.5 Å². The maximum Gasteiger partial charge on any atom is 0.417 e. The zero-order valence-corrected chi connectivity index (χ0v) is 25.5. The first-order chi connectivity index (χ1) is 20.1. The number of imidazole rings is 1. The van der Waals surface area contributed by atoms with Gasteiger partial charge in [0.1, 0.15) is 11.2 Å². The molecule has 244 valence electrons. The summed E-state index contributed by atoms with van der Waals surface area (Å²) in [6.45, 7) is 8.82. The van der Waals surface area contributed by atoms with Gasteiger partial charge in [0.15, 0.2) is 5.65 Å². The Bertz CT molecular complexity index is 1390. The van der Waals surface area contributed by atoms with Crippen LogP contribution >= 0.6 is 0 Å². The van der Waals surface area contributed by atoms with Gasteiger partial charge in [0, 0.05) is 19.4 Å². The molecule has 0 aromatic carbocycles. The van der Waals surface area contributed by atoms with Crippen LogP contribution in [0.2, 0.25) is 0 Å². The number of alkyl halides is 5. The number of likely N-dealkylation sites (tertiary alicyclic amines) is 1. The summed E-state index contributed by atoms with van der Waals surface area (Å²) in [7, 11) is 0. The van der Waals surface area contributed by atoms with Gasteiger partial charge in [0.25, 0.3) is 0 Å². The van der Waals surface area contributed by atoms with Crippen molar-refractivity contribution in [3.63, 3.8) is 0 Å². The molecule has 1 aliphatic heterocycles. The summed E-state index contributed by atoms with van der Waals surface area (Å²) in [4.78, 5) is 43.3. The van der Waals surface area contributed by atoms with Gasteiger partial charge in [-0.15, -0.1) is 0 Å². The number of halogens is 5. The third-order valence-electron chi connectivity index (χ3n) is 7.56. The molecular formula is C29H38F5N5O5. The van der Waals surface area contributed by atoms with Crippen molar-refractivity contribution in [3.8, 4) is 0 Å². The van der Waals surface area contributed by atoms with E-state index in [9.17, 15) is 36.3 Å². The molecular weight excluding hydrogens is 593 g/mol. The Morgan fingerprint density at radius 3 is 2.25 bits per heavy atom. The van der Waals surface area contributed by atoms with Crippen molar-refractivity contribution in [2.24, 2.45) is 17.8 Å². The van der Waals surface area contributed by atoms with Gasteiger partial charge in [0.2, 0.25) is 11.8 Å². The molecule has 3 heterocycles. The first-order valence-corrected chi connectivity index (χ1v) is 14.4. The zero-order chi connectivity index (χ0) is 32.8. The fourth-order valence-corrected chi connectivity index (χ4v) is 5.54. The fourth-order valence-electron chi connectivity index (χ4n) is 5.54. The van der Waals surface area contributed by atoms with Gasteiger partial charge < -0.3 is 14.8 Å². The monoisotopic (exact) mass is 631 g/mol. The van der Waals surface area contributed by atoms with E-state index in [0.29, 0.717) is 10.6 Å². The van der Waals surface area contributed by atoms with Crippen molar-refractivity contribution >= 4 is 23.7 Å². The minimum atomic E-state index is -4.76. The van der Waals surface area contributed by atoms with Crippen molar-refractivity contribution in [1.82, 2.24) is 24.8 Å². The number of hydrogen-bond donors (Lipinski definition) is 1. The van der Waals surface area contributed by atoms with Crippen LogP contribution in [0.25, 0.3) is 5.65 Å². The number of nitrogens with zero attached hydrogens (tertiary/aromatic N) is 4. The molecule has 1 aliphatic carbocycles. The Balaban J connectivity index is 1.60. The molecule has 3 atom stereocenters. The number of aromatic nitrogens is 3. The summed E-state index contributed by atoms with van der Waals surface area (Å²) < 4.78 is 81.7. The normalized spacial score (nSPS) is 22.2. The molecule has 1 saturated heterocycles. The number of alkyl carbamates (subject to hydrolysis) is 1. The lowest BCUT2D eigenvalue weighted by Gasteiger charge is -2.33. The van der Waals surface area contributed by atoms with E-state index in [1.807, 2.05) is 0 Å². The molecule has 0 radical (unpaired) electrons. The Morgan fingerprint density at radius 2 is 1.68 bits per heavy atom. The van der Waals surface area contributed by atoms with Crippen molar-refractivity contribution in [2.45, 2.75) is 103 Å². The zero-order valence-electron chi connectivity index (χ0n) is 25.5. The summed E-state index contributed by atoms with van der Waals surface area (Å²) in [6.07, 6.45) is -4.67. The maximum absolute atomic E-state index is 14.0. The molecule has 2 unspecified atom stereocenters.